The quantitative estimate of drug-likeness (QED) is 0.849. The molecule has 126 valence electrons. The van der Waals surface area contributed by atoms with Crippen LogP contribution in [-0.2, 0) is 4.79 Å². The summed E-state index contributed by atoms with van der Waals surface area (Å²) in [6, 6.07) is 18.0. The van der Waals surface area contributed by atoms with E-state index in [0.29, 0.717) is 18.8 Å². The molecule has 1 aliphatic heterocycles. The second-order valence-electron chi connectivity index (χ2n) is 5.95. The van der Waals surface area contributed by atoms with Gasteiger partial charge in [0.25, 0.3) is 0 Å². The summed E-state index contributed by atoms with van der Waals surface area (Å²) in [5.74, 6) is 1.58. The van der Waals surface area contributed by atoms with Crippen LogP contribution >= 0.6 is 11.8 Å². The van der Waals surface area contributed by atoms with Crippen LogP contribution in [0.2, 0.25) is 0 Å². The Labute approximate surface area is 147 Å². The zero-order valence-corrected chi connectivity index (χ0v) is 14.5. The van der Waals surface area contributed by atoms with Crippen molar-refractivity contribution in [1.29, 1.82) is 0 Å². The summed E-state index contributed by atoms with van der Waals surface area (Å²) in [4.78, 5) is 15.4. The van der Waals surface area contributed by atoms with Crippen LogP contribution in [0.15, 0.2) is 59.5 Å². The number of amides is 1. The highest BCUT2D eigenvalue weighted by Gasteiger charge is 2.33. The summed E-state index contributed by atoms with van der Waals surface area (Å²) in [6.45, 7) is 1.32. The Hall–Kier alpha value is -1.98. The van der Waals surface area contributed by atoms with Crippen molar-refractivity contribution in [3.8, 4) is 5.75 Å². The molecule has 1 aliphatic rings. The van der Waals surface area contributed by atoms with Crippen molar-refractivity contribution in [2.24, 2.45) is 5.73 Å². The fourth-order valence-electron chi connectivity index (χ4n) is 3.01. The normalized spacial score (nSPS) is 20.2. The van der Waals surface area contributed by atoms with Crippen molar-refractivity contribution in [1.82, 2.24) is 4.90 Å². The van der Waals surface area contributed by atoms with E-state index in [1.165, 1.54) is 17.3 Å². The highest BCUT2D eigenvalue weighted by Crippen LogP contribution is 2.28. The molecular formula is C19H22N2O2S. The van der Waals surface area contributed by atoms with Crippen molar-refractivity contribution < 1.29 is 9.53 Å². The maximum absolute atomic E-state index is 12.5. The molecule has 2 atom stereocenters. The Morgan fingerprint density at radius 2 is 2.00 bits per heavy atom. The van der Waals surface area contributed by atoms with Crippen LogP contribution in [-0.4, -0.2) is 42.8 Å². The number of hydrogen-bond acceptors (Lipinski definition) is 4. The second-order valence-corrected chi connectivity index (χ2v) is 7.00. The summed E-state index contributed by atoms with van der Waals surface area (Å²) in [5, 5.41) is 0. The molecule has 1 fully saturated rings. The minimum atomic E-state index is -0.00170. The summed E-state index contributed by atoms with van der Waals surface area (Å²) in [5.41, 5.74) is 7.48. The maximum Gasteiger partial charge on any atom is 0.233 e. The zero-order valence-electron chi connectivity index (χ0n) is 13.7. The van der Waals surface area contributed by atoms with E-state index in [9.17, 15) is 4.79 Å². The number of nitrogens with zero attached hydrogens (tertiary/aromatic N) is 1. The molecule has 0 radical (unpaired) electrons. The van der Waals surface area contributed by atoms with Gasteiger partial charge in [-0.15, -0.1) is 11.8 Å². The molecule has 1 amide bonds. The van der Waals surface area contributed by atoms with Crippen molar-refractivity contribution in [2.45, 2.75) is 16.9 Å². The van der Waals surface area contributed by atoms with E-state index < -0.39 is 0 Å². The molecule has 1 saturated heterocycles. The van der Waals surface area contributed by atoms with Gasteiger partial charge in [-0.05, 0) is 23.8 Å². The first-order chi connectivity index (χ1) is 11.7. The number of rotatable bonds is 5. The average molecular weight is 342 g/mol. The number of hydrogen-bond donors (Lipinski definition) is 1. The van der Waals surface area contributed by atoms with Crippen LogP contribution in [0.4, 0.5) is 0 Å². The number of carbonyl (C=O) groups excluding carboxylic acids is 1. The number of likely N-dealkylation sites (tertiary alicyclic amines) is 1. The second kappa shape index (κ2) is 7.73. The van der Waals surface area contributed by atoms with E-state index in [4.69, 9.17) is 10.5 Å². The van der Waals surface area contributed by atoms with Gasteiger partial charge < -0.3 is 15.4 Å². The van der Waals surface area contributed by atoms with E-state index in [2.05, 4.69) is 12.1 Å². The lowest BCUT2D eigenvalue weighted by Crippen LogP contribution is -2.33. The molecule has 24 heavy (non-hydrogen) atoms. The topological polar surface area (TPSA) is 55.6 Å². The van der Waals surface area contributed by atoms with Crippen LogP contribution in [0, 0.1) is 0 Å². The third-order valence-electron chi connectivity index (χ3n) is 4.35. The molecule has 2 aromatic rings. The minimum absolute atomic E-state index is 0.00170. The third kappa shape index (κ3) is 3.91. The maximum atomic E-state index is 12.5. The third-order valence-corrected chi connectivity index (χ3v) is 5.33. The van der Waals surface area contributed by atoms with Crippen molar-refractivity contribution in [2.75, 3.05) is 26.0 Å². The van der Waals surface area contributed by atoms with Gasteiger partial charge in [0.2, 0.25) is 5.91 Å². The van der Waals surface area contributed by atoms with Crippen LogP contribution in [0.1, 0.15) is 11.5 Å². The smallest absolute Gasteiger partial charge is 0.233 e. The molecule has 4 nitrogen and oxygen atoms in total. The SMILES string of the molecule is COc1cccc(SCC(=O)N2C[C@@H](N)[C@H](c3ccccc3)C2)c1. The molecule has 0 aromatic heterocycles. The number of nitrogens with two attached hydrogens (primary N) is 1. The lowest BCUT2D eigenvalue weighted by Gasteiger charge is -2.16. The number of thioether (sulfide) groups is 1. The number of ether oxygens (including phenoxy) is 1. The van der Waals surface area contributed by atoms with Crippen LogP contribution in [0.3, 0.4) is 0 Å². The van der Waals surface area contributed by atoms with Gasteiger partial charge in [-0.3, -0.25) is 4.79 Å². The summed E-state index contributed by atoms with van der Waals surface area (Å²) < 4.78 is 5.21. The fraction of sp³-hybridized carbons (Fsp3) is 0.316. The molecule has 0 aliphatic carbocycles. The predicted molar refractivity (Wildman–Crippen MR) is 97.5 cm³/mol. The highest BCUT2D eigenvalue weighted by molar-refractivity contribution is 8.00. The molecule has 2 aromatic carbocycles. The van der Waals surface area contributed by atoms with Crippen molar-refractivity contribution >= 4 is 17.7 Å². The standard InChI is InChI=1S/C19H22N2O2S/c1-23-15-8-5-9-16(10-15)24-13-19(22)21-11-17(18(20)12-21)14-6-3-2-4-7-14/h2-10,17-18H,11-13,20H2,1H3/t17-,18+/m0/s1. The molecular weight excluding hydrogens is 320 g/mol. The lowest BCUT2D eigenvalue weighted by molar-refractivity contribution is -0.127. The highest BCUT2D eigenvalue weighted by atomic mass is 32.2. The van der Waals surface area contributed by atoms with Crippen molar-refractivity contribution in [3.63, 3.8) is 0 Å². The van der Waals surface area contributed by atoms with Gasteiger partial charge in [-0.25, -0.2) is 0 Å². The first kappa shape index (κ1) is 16.9. The Morgan fingerprint density at radius 3 is 2.75 bits per heavy atom. The van der Waals surface area contributed by atoms with Gasteiger partial charge in [0.15, 0.2) is 0 Å². The van der Waals surface area contributed by atoms with Crippen LogP contribution < -0.4 is 10.5 Å². The largest absolute Gasteiger partial charge is 0.497 e. The Morgan fingerprint density at radius 1 is 1.21 bits per heavy atom. The first-order valence-electron chi connectivity index (χ1n) is 8.02. The molecule has 3 rings (SSSR count). The van der Waals surface area contributed by atoms with E-state index in [-0.39, 0.29) is 17.9 Å². The van der Waals surface area contributed by atoms with Gasteiger partial charge >= 0.3 is 0 Å². The molecule has 2 N–H and O–H groups in total. The number of benzene rings is 2. The molecule has 0 spiro atoms. The molecule has 0 saturated carbocycles. The molecule has 5 heteroatoms. The summed E-state index contributed by atoms with van der Waals surface area (Å²) in [7, 11) is 1.64. The van der Waals surface area contributed by atoms with E-state index in [0.717, 1.165) is 10.6 Å². The van der Waals surface area contributed by atoms with Crippen LogP contribution in [0.25, 0.3) is 0 Å². The Balaban J connectivity index is 1.58. The molecule has 0 bridgehead atoms. The Bertz CT molecular complexity index is 693. The number of carbonyl (C=O) groups is 1. The number of methoxy groups -OCH3 is 1. The van der Waals surface area contributed by atoms with E-state index in [1.54, 1.807) is 7.11 Å². The van der Waals surface area contributed by atoms with E-state index in [1.807, 2.05) is 47.4 Å². The Kier molecular flexibility index (Phi) is 5.43. The fourth-order valence-corrected chi connectivity index (χ4v) is 3.86. The first-order valence-corrected chi connectivity index (χ1v) is 9.01. The van der Waals surface area contributed by atoms with Gasteiger partial charge in [0.1, 0.15) is 5.75 Å². The van der Waals surface area contributed by atoms with Gasteiger partial charge in [-0.1, -0.05) is 36.4 Å². The monoisotopic (exact) mass is 342 g/mol. The average Bonchev–Trinajstić information content (AvgIpc) is 3.02. The summed E-state index contributed by atoms with van der Waals surface area (Å²) >= 11 is 1.53. The van der Waals surface area contributed by atoms with Gasteiger partial charge in [0.05, 0.1) is 12.9 Å². The van der Waals surface area contributed by atoms with Crippen molar-refractivity contribution in [3.05, 3.63) is 60.2 Å². The predicted octanol–water partition coefficient (Wildman–Crippen LogP) is 2.74. The molecule has 0 unspecified atom stereocenters. The van der Waals surface area contributed by atoms with Gasteiger partial charge in [-0.2, -0.15) is 0 Å². The lowest BCUT2D eigenvalue weighted by atomic mass is 9.95. The summed E-state index contributed by atoms with van der Waals surface area (Å²) in [6.07, 6.45) is 0. The van der Waals surface area contributed by atoms with Gasteiger partial charge in [0, 0.05) is 29.9 Å². The molecule has 1 heterocycles. The minimum Gasteiger partial charge on any atom is -0.497 e. The van der Waals surface area contributed by atoms with E-state index >= 15 is 0 Å². The van der Waals surface area contributed by atoms with Crippen LogP contribution in [0.5, 0.6) is 5.75 Å². The zero-order chi connectivity index (χ0) is 16.9.